The summed E-state index contributed by atoms with van der Waals surface area (Å²) in [6.45, 7) is 0.898. The van der Waals surface area contributed by atoms with Crippen molar-refractivity contribution in [3.8, 4) is 0 Å². The molecule has 1 fully saturated rings. The number of carbonyl (C=O) groups excluding carboxylic acids is 1. The topological polar surface area (TPSA) is 49.8 Å². The first-order valence-electron chi connectivity index (χ1n) is 8.25. The van der Waals surface area contributed by atoms with Gasteiger partial charge in [0.05, 0.1) is 12.1 Å². The highest BCUT2D eigenvalue weighted by atomic mass is 16.5. The summed E-state index contributed by atoms with van der Waals surface area (Å²) in [6.07, 6.45) is 5.50. The first kappa shape index (κ1) is 17.0. The maximum atomic E-state index is 12.5. The predicted molar refractivity (Wildman–Crippen MR) is 86.5 cm³/mol. The van der Waals surface area contributed by atoms with E-state index in [1.54, 1.807) is 4.90 Å². The average molecular weight is 305 g/mol. The minimum Gasteiger partial charge on any atom is -0.396 e. The van der Waals surface area contributed by atoms with Gasteiger partial charge in [0.1, 0.15) is 0 Å². The molecule has 0 bridgehead atoms. The largest absolute Gasteiger partial charge is 0.396 e. The molecule has 1 aromatic carbocycles. The third-order valence-corrected chi connectivity index (χ3v) is 4.40. The summed E-state index contributed by atoms with van der Waals surface area (Å²) >= 11 is 0. The molecule has 1 aliphatic rings. The fourth-order valence-electron chi connectivity index (χ4n) is 3.05. The van der Waals surface area contributed by atoms with E-state index in [4.69, 9.17) is 4.74 Å². The molecule has 1 amide bonds. The van der Waals surface area contributed by atoms with Gasteiger partial charge in [0.25, 0.3) is 0 Å². The van der Waals surface area contributed by atoms with Gasteiger partial charge in [0.15, 0.2) is 0 Å². The Balaban J connectivity index is 1.91. The van der Waals surface area contributed by atoms with Crippen LogP contribution in [0, 0.1) is 0 Å². The fourth-order valence-corrected chi connectivity index (χ4v) is 3.05. The summed E-state index contributed by atoms with van der Waals surface area (Å²) in [4.78, 5) is 14.2. The second-order valence-electron chi connectivity index (χ2n) is 5.97. The molecule has 2 atom stereocenters. The number of benzene rings is 1. The van der Waals surface area contributed by atoms with Crippen LogP contribution in [0.4, 0.5) is 0 Å². The quantitative estimate of drug-likeness (QED) is 0.842. The first-order chi connectivity index (χ1) is 10.7. The van der Waals surface area contributed by atoms with Gasteiger partial charge in [0, 0.05) is 26.7 Å². The molecular formula is C18H27NO3. The molecule has 0 spiro atoms. The highest BCUT2D eigenvalue weighted by Gasteiger charge is 2.22. The van der Waals surface area contributed by atoms with Crippen LogP contribution in [0.1, 0.15) is 50.1 Å². The van der Waals surface area contributed by atoms with E-state index < -0.39 is 0 Å². The minimum atomic E-state index is -0.0639. The van der Waals surface area contributed by atoms with E-state index >= 15 is 0 Å². The number of nitrogens with zero attached hydrogens (tertiary/aromatic N) is 1. The van der Waals surface area contributed by atoms with Gasteiger partial charge in [0.2, 0.25) is 5.91 Å². The number of ether oxygens (including phenoxy) is 1. The normalized spacial score (nSPS) is 19.6. The maximum absolute atomic E-state index is 12.5. The van der Waals surface area contributed by atoms with Gasteiger partial charge in [-0.15, -0.1) is 0 Å². The number of carbonyl (C=O) groups is 1. The predicted octanol–water partition coefficient (Wildman–Crippen LogP) is 2.92. The molecule has 1 aromatic rings. The SMILES string of the molecule is CN(C(=O)CCC1CCCCO1)C(CCO)c1ccccc1. The Kier molecular flexibility index (Phi) is 6.87. The molecule has 0 aromatic heterocycles. The number of hydrogen-bond donors (Lipinski definition) is 1. The van der Waals surface area contributed by atoms with Crippen LogP contribution in [0.3, 0.4) is 0 Å². The van der Waals surface area contributed by atoms with Gasteiger partial charge in [-0.3, -0.25) is 4.79 Å². The standard InChI is InChI=1S/C18H27NO3/c1-19(17(12-13-20)15-7-3-2-4-8-15)18(21)11-10-16-9-5-6-14-22-16/h2-4,7-8,16-17,20H,5-6,9-14H2,1H3. The van der Waals surface area contributed by atoms with Gasteiger partial charge in [-0.2, -0.15) is 0 Å². The Morgan fingerprint density at radius 1 is 1.36 bits per heavy atom. The van der Waals surface area contributed by atoms with Crippen LogP contribution in [-0.2, 0) is 9.53 Å². The van der Waals surface area contributed by atoms with Crippen molar-refractivity contribution in [2.75, 3.05) is 20.3 Å². The molecular weight excluding hydrogens is 278 g/mol. The van der Waals surface area contributed by atoms with Gasteiger partial charge in [-0.1, -0.05) is 30.3 Å². The zero-order valence-electron chi connectivity index (χ0n) is 13.4. The first-order valence-corrected chi connectivity index (χ1v) is 8.25. The molecule has 22 heavy (non-hydrogen) atoms. The number of amides is 1. The molecule has 2 unspecified atom stereocenters. The maximum Gasteiger partial charge on any atom is 0.222 e. The smallest absolute Gasteiger partial charge is 0.222 e. The lowest BCUT2D eigenvalue weighted by molar-refractivity contribution is -0.133. The van der Waals surface area contributed by atoms with E-state index in [1.165, 1.54) is 6.42 Å². The van der Waals surface area contributed by atoms with Crippen LogP contribution in [0.15, 0.2) is 30.3 Å². The summed E-state index contributed by atoms with van der Waals surface area (Å²) in [5.41, 5.74) is 1.07. The molecule has 122 valence electrons. The van der Waals surface area contributed by atoms with Crippen LogP contribution in [0.25, 0.3) is 0 Å². The van der Waals surface area contributed by atoms with Crippen LogP contribution in [0.5, 0.6) is 0 Å². The van der Waals surface area contributed by atoms with E-state index in [0.29, 0.717) is 12.8 Å². The number of hydrogen-bond acceptors (Lipinski definition) is 3. The lowest BCUT2D eigenvalue weighted by Crippen LogP contribution is -2.32. The summed E-state index contributed by atoms with van der Waals surface area (Å²) in [5.74, 6) is 0.122. The zero-order chi connectivity index (χ0) is 15.8. The Morgan fingerprint density at radius 3 is 2.77 bits per heavy atom. The van der Waals surface area contributed by atoms with E-state index in [-0.39, 0.29) is 24.7 Å². The average Bonchev–Trinajstić information content (AvgIpc) is 2.58. The Bertz CT molecular complexity index is 443. The van der Waals surface area contributed by atoms with Crippen LogP contribution in [0.2, 0.25) is 0 Å². The minimum absolute atomic E-state index is 0.0639. The zero-order valence-corrected chi connectivity index (χ0v) is 13.4. The van der Waals surface area contributed by atoms with Gasteiger partial charge in [-0.05, 0) is 37.7 Å². The highest BCUT2D eigenvalue weighted by Crippen LogP contribution is 2.24. The molecule has 0 radical (unpaired) electrons. The third kappa shape index (κ3) is 4.82. The monoisotopic (exact) mass is 305 g/mol. The summed E-state index contributed by atoms with van der Waals surface area (Å²) < 4.78 is 5.69. The summed E-state index contributed by atoms with van der Waals surface area (Å²) in [6, 6.07) is 9.85. The van der Waals surface area contributed by atoms with E-state index in [0.717, 1.165) is 31.4 Å². The lowest BCUT2D eigenvalue weighted by Gasteiger charge is -2.29. The lowest BCUT2D eigenvalue weighted by atomic mass is 10.0. The Labute approximate surface area is 133 Å². The van der Waals surface area contributed by atoms with Crippen molar-refractivity contribution in [3.05, 3.63) is 35.9 Å². The molecule has 1 N–H and O–H groups in total. The van der Waals surface area contributed by atoms with E-state index in [9.17, 15) is 9.90 Å². The van der Waals surface area contributed by atoms with Gasteiger partial charge < -0.3 is 14.7 Å². The fraction of sp³-hybridized carbons (Fsp3) is 0.611. The van der Waals surface area contributed by atoms with Gasteiger partial charge >= 0.3 is 0 Å². The number of rotatable bonds is 7. The second kappa shape index (κ2) is 8.91. The summed E-state index contributed by atoms with van der Waals surface area (Å²) in [7, 11) is 1.83. The van der Waals surface area contributed by atoms with E-state index in [2.05, 4.69) is 0 Å². The molecule has 4 heteroatoms. The summed E-state index contributed by atoms with van der Waals surface area (Å²) in [5, 5.41) is 9.30. The molecule has 0 aliphatic carbocycles. The van der Waals surface area contributed by atoms with Crippen molar-refractivity contribution in [1.29, 1.82) is 0 Å². The van der Waals surface area contributed by atoms with E-state index in [1.807, 2.05) is 37.4 Å². The molecule has 1 heterocycles. The molecule has 0 saturated carbocycles. The molecule has 4 nitrogen and oxygen atoms in total. The Hall–Kier alpha value is -1.39. The van der Waals surface area contributed by atoms with Gasteiger partial charge in [-0.25, -0.2) is 0 Å². The highest BCUT2D eigenvalue weighted by molar-refractivity contribution is 5.76. The molecule has 1 saturated heterocycles. The number of aliphatic hydroxyl groups is 1. The van der Waals surface area contributed by atoms with Crippen LogP contribution < -0.4 is 0 Å². The van der Waals surface area contributed by atoms with Crippen LogP contribution >= 0.6 is 0 Å². The Morgan fingerprint density at radius 2 is 2.14 bits per heavy atom. The van der Waals surface area contributed by atoms with Crippen LogP contribution in [-0.4, -0.2) is 42.3 Å². The molecule has 2 rings (SSSR count). The van der Waals surface area contributed by atoms with Crippen molar-refractivity contribution >= 4 is 5.91 Å². The van der Waals surface area contributed by atoms with Crippen molar-refractivity contribution < 1.29 is 14.6 Å². The number of aliphatic hydroxyl groups excluding tert-OH is 1. The van der Waals surface area contributed by atoms with Crippen molar-refractivity contribution in [2.45, 2.75) is 50.7 Å². The van der Waals surface area contributed by atoms with Crippen molar-refractivity contribution in [3.63, 3.8) is 0 Å². The third-order valence-electron chi connectivity index (χ3n) is 4.40. The second-order valence-corrected chi connectivity index (χ2v) is 5.97. The molecule has 1 aliphatic heterocycles. The van der Waals surface area contributed by atoms with Crippen molar-refractivity contribution in [2.24, 2.45) is 0 Å². The van der Waals surface area contributed by atoms with Crippen molar-refractivity contribution in [1.82, 2.24) is 4.90 Å².